The van der Waals surface area contributed by atoms with Crippen molar-refractivity contribution in [1.82, 2.24) is 5.32 Å². The number of ether oxygens (including phenoxy) is 3. The topological polar surface area (TPSA) is 39.7 Å². The van der Waals surface area contributed by atoms with Gasteiger partial charge in [-0.1, -0.05) is 18.2 Å². The largest absolute Gasteiger partial charge is 0.497 e. The van der Waals surface area contributed by atoms with Crippen molar-refractivity contribution >= 4 is 0 Å². The third-order valence-electron chi connectivity index (χ3n) is 4.28. The summed E-state index contributed by atoms with van der Waals surface area (Å²) in [5, 5.41) is 3.59. The van der Waals surface area contributed by atoms with Gasteiger partial charge in [0.05, 0.1) is 21.3 Å². The van der Waals surface area contributed by atoms with Crippen LogP contribution in [0.4, 0.5) is 0 Å². The van der Waals surface area contributed by atoms with E-state index < -0.39 is 0 Å². The van der Waals surface area contributed by atoms with E-state index in [2.05, 4.69) is 30.4 Å². The van der Waals surface area contributed by atoms with E-state index in [9.17, 15) is 0 Å². The Hall–Kier alpha value is -2.20. The van der Waals surface area contributed by atoms with Crippen LogP contribution in [-0.2, 0) is 12.8 Å². The van der Waals surface area contributed by atoms with Crippen LogP contribution < -0.4 is 19.5 Å². The van der Waals surface area contributed by atoms with Gasteiger partial charge in [-0.25, -0.2) is 0 Å². The zero-order chi connectivity index (χ0) is 18.1. The molecule has 2 aromatic rings. The maximum Gasteiger partial charge on any atom is 0.160 e. The Morgan fingerprint density at radius 3 is 2.16 bits per heavy atom. The Morgan fingerprint density at radius 1 is 0.840 bits per heavy atom. The summed E-state index contributed by atoms with van der Waals surface area (Å²) in [6.45, 7) is 3.21. The summed E-state index contributed by atoms with van der Waals surface area (Å²) in [4.78, 5) is 0. The summed E-state index contributed by atoms with van der Waals surface area (Å²) < 4.78 is 15.8. The number of hydrogen-bond acceptors (Lipinski definition) is 4. The zero-order valence-electron chi connectivity index (χ0n) is 15.7. The number of aryl methyl sites for hydroxylation is 1. The summed E-state index contributed by atoms with van der Waals surface area (Å²) in [6.07, 6.45) is 3.14. The molecule has 0 radical (unpaired) electrons. The second kappa shape index (κ2) is 9.94. The molecule has 1 unspecified atom stereocenters. The van der Waals surface area contributed by atoms with Crippen molar-refractivity contribution in [2.45, 2.75) is 32.2 Å². The molecule has 0 saturated carbocycles. The molecule has 4 nitrogen and oxygen atoms in total. The molecule has 0 bridgehead atoms. The van der Waals surface area contributed by atoms with E-state index >= 15 is 0 Å². The van der Waals surface area contributed by atoms with Crippen molar-refractivity contribution in [2.75, 3.05) is 27.9 Å². The fourth-order valence-electron chi connectivity index (χ4n) is 2.87. The fraction of sp³-hybridized carbons (Fsp3) is 0.429. The summed E-state index contributed by atoms with van der Waals surface area (Å²) in [5.41, 5.74) is 2.59. The molecular formula is C21H29NO3. The van der Waals surface area contributed by atoms with Gasteiger partial charge in [0, 0.05) is 6.04 Å². The lowest BCUT2D eigenvalue weighted by Gasteiger charge is -2.15. The van der Waals surface area contributed by atoms with Gasteiger partial charge in [0.1, 0.15) is 5.75 Å². The molecule has 2 rings (SSSR count). The van der Waals surface area contributed by atoms with Gasteiger partial charge >= 0.3 is 0 Å². The normalized spacial score (nSPS) is 11.8. The Balaban J connectivity index is 1.74. The van der Waals surface area contributed by atoms with Crippen molar-refractivity contribution in [3.8, 4) is 17.2 Å². The average molecular weight is 343 g/mol. The molecule has 0 amide bonds. The van der Waals surface area contributed by atoms with E-state index in [0.717, 1.165) is 43.1 Å². The molecule has 0 fully saturated rings. The molecule has 0 heterocycles. The summed E-state index contributed by atoms with van der Waals surface area (Å²) >= 11 is 0. The van der Waals surface area contributed by atoms with Crippen LogP contribution in [0.2, 0.25) is 0 Å². The highest BCUT2D eigenvalue weighted by Crippen LogP contribution is 2.27. The van der Waals surface area contributed by atoms with E-state index in [1.54, 1.807) is 21.3 Å². The van der Waals surface area contributed by atoms with Crippen LogP contribution >= 0.6 is 0 Å². The minimum Gasteiger partial charge on any atom is -0.497 e. The molecule has 1 atom stereocenters. The predicted octanol–water partition coefficient (Wildman–Crippen LogP) is 3.87. The van der Waals surface area contributed by atoms with E-state index in [0.29, 0.717) is 6.04 Å². The minimum absolute atomic E-state index is 0.411. The van der Waals surface area contributed by atoms with Gasteiger partial charge in [0.25, 0.3) is 0 Å². The number of methoxy groups -OCH3 is 3. The van der Waals surface area contributed by atoms with Crippen molar-refractivity contribution in [2.24, 2.45) is 0 Å². The van der Waals surface area contributed by atoms with Gasteiger partial charge in [-0.05, 0) is 68.1 Å². The van der Waals surface area contributed by atoms with Crippen molar-refractivity contribution in [3.63, 3.8) is 0 Å². The van der Waals surface area contributed by atoms with Crippen molar-refractivity contribution in [3.05, 3.63) is 53.6 Å². The van der Waals surface area contributed by atoms with Crippen LogP contribution in [-0.4, -0.2) is 33.9 Å². The van der Waals surface area contributed by atoms with Crippen LogP contribution in [0.15, 0.2) is 42.5 Å². The summed E-state index contributed by atoms with van der Waals surface area (Å²) in [6, 6.07) is 14.8. The third-order valence-corrected chi connectivity index (χ3v) is 4.28. The van der Waals surface area contributed by atoms with Crippen LogP contribution in [0, 0.1) is 0 Å². The van der Waals surface area contributed by atoms with Crippen molar-refractivity contribution < 1.29 is 14.2 Å². The molecule has 0 saturated heterocycles. The number of hydrogen-bond donors (Lipinski definition) is 1. The van der Waals surface area contributed by atoms with Gasteiger partial charge in [-0.3, -0.25) is 0 Å². The summed E-state index contributed by atoms with van der Waals surface area (Å²) in [7, 11) is 5.02. The SMILES string of the molecule is COc1ccc(CCCNC(C)Cc2ccc(OC)c(OC)c2)cc1. The first kappa shape index (κ1) is 19.1. The Kier molecular flexibility index (Phi) is 7.61. The van der Waals surface area contributed by atoms with Gasteiger partial charge < -0.3 is 19.5 Å². The van der Waals surface area contributed by atoms with Gasteiger partial charge in [0.2, 0.25) is 0 Å². The first-order valence-corrected chi connectivity index (χ1v) is 8.73. The quantitative estimate of drug-likeness (QED) is 0.665. The van der Waals surface area contributed by atoms with E-state index in [-0.39, 0.29) is 0 Å². The second-order valence-electron chi connectivity index (χ2n) is 6.20. The Morgan fingerprint density at radius 2 is 1.52 bits per heavy atom. The lowest BCUT2D eigenvalue weighted by Crippen LogP contribution is -2.29. The van der Waals surface area contributed by atoms with E-state index in [1.165, 1.54) is 11.1 Å². The monoisotopic (exact) mass is 343 g/mol. The molecule has 0 spiro atoms. The Bertz CT molecular complexity index is 640. The smallest absolute Gasteiger partial charge is 0.160 e. The number of rotatable bonds is 10. The first-order valence-electron chi connectivity index (χ1n) is 8.73. The maximum absolute atomic E-state index is 5.37. The van der Waals surface area contributed by atoms with E-state index in [4.69, 9.17) is 14.2 Å². The molecule has 1 N–H and O–H groups in total. The second-order valence-corrected chi connectivity index (χ2v) is 6.20. The van der Waals surface area contributed by atoms with Gasteiger partial charge in [-0.15, -0.1) is 0 Å². The molecule has 136 valence electrons. The van der Waals surface area contributed by atoms with Crippen LogP contribution in [0.5, 0.6) is 17.2 Å². The van der Waals surface area contributed by atoms with Crippen LogP contribution in [0.3, 0.4) is 0 Å². The fourth-order valence-corrected chi connectivity index (χ4v) is 2.87. The van der Waals surface area contributed by atoms with Crippen LogP contribution in [0.25, 0.3) is 0 Å². The molecular weight excluding hydrogens is 314 g/mol. The zero-order valence-corrected chi connectivity index (χ0v) is 15.7. The van der Waals surface area contributed by atoms with Crippen molar-refractivity contribution in [1.29, 1.82) is 0 Å². The Labute approximate surface area is 151 Å². The molecule has 0 aliphatic rings. The highest BCUT2D eigenvalue weighted by molar-refractivity contribution is 5.43. The molecule has 25 heavy (non-hydrogen) atoms. The molecule has 2 aromatic carbocycles. The van der Waals surface area contributed by atoms with E-state index in [1.807, 2.05) is 24.3 Å². The lowest BCUT2D eigenvalue weighted by atomic mass is 10.1. The first-order chi connectivity index (χ1) is 12.2. The standard InChI is InChI=1S/C21H29NO3/c1-16(14-18-9-12-20(24-3)21(15-18)25-4)22-13-5-6-17-7-10-19(23-2)11-8-17/h7-12,15-16,22H,5-6,13-14H2,1-4H3. The minimum atomic E-state index is 0.411. The third kappa shape index (κ3) is 5.98. The molecule has 0 aliphatic carbocycles. The molecule has 0 aromatic heterocycles. The lowest BCUT2D eigenvalue weighted by molar-refractivity contribution is 0.354. The van der Waals surface area contributed by atoms with Gasteiger partial charge in [-0.2, -0.15) is 0 Å². The summed E-state index contributed by atoms with van der Waals surface area (Å²) in [5.74, 6) is 2.46. The molecule has 4 heteroatoms. The van der Waals surface area contributed by atoms with Crippen LogP contribution in [0.1, 0.15) is 24.5 Å². The van der Waals surface area contributed by atoms with Gasteiger partial charge in [0.15, 0.2) is 11.5 Å². The highest BCUT2D eigenvalue weighted by Gasteiger charge is 2.08. The highest BCUT2D eigenvalue weighted by atomic mass is 16.5. The maximum atomic E-state index is 5.37. The average Bonchev–Trinajstić information content (AvgIpc) is 2.65. The number of nitrogens with one attached hydrogen (secondary N) is 1. The predicted molar refractivity (Wildman–Crippen MR) is 102 cm³/mol. The molecule has 0 aliphatic heterocycles. The number of benzene rings is 2.